The van der Waals surface area contributed by atoms with Crippen molar-refractivity contribution in [2.24, 2.45) is 0 Å². The summed E-state index contributed by atoms with van der Waals surface area (Å²) in [5, 5.41) is 3.08. The van der Waals surface area contributed by atoms with E-state index >= 15 is 0 Å². The third-order valence-electron chi connectivity index (χ3n) is 5.42. The number of carbonyl (C=O) groups is 1. The first-order valence-corrected chi connectivity index (χ1v) is 9.89. The summed E-state index contributed by atoms with van der Waals surface area (Å²) in [4.78, 5) is 15.0. The quantitative estimate of drug-likeness (QED) is 0.575. The van der Waals surface area contributed by atoms with Crippen molar-refractivity contribution in [1.29, 1.82) is 0 Å². The van der Waals surface area contributed by atoms with Gasteiger partial charge in [-0.15, -0.1) is 12.4 Å². The van der Waals surface area contributed by atoms with Gasteiger partial charge in [0.2, 0.25) is 5.75 Å². The van der Waals surface area contributed by atoms with Crippen LogP contribution < -0.4 is 19.5 Å². The fraction of sp³-hybridized carbons (Fsp3) is 0.667. The van der Waals surface area contributed by atoms with Crippen molar-refractivity contribution in [3.05, 3.63) is 17.7 Å². The number of nitrogens with one attached hydrogen (secondary N) is 1. The maximum absolute atomic E-state index is 12.8. The summed E-state index contributed by atoms with van der Waals surface area (Å²) in [6.07, 6.45) is 3.74. The highest BCUT2D eigenvalue weighted by molar-refractivity contribution is 5.95. The van der Waals surface area contributed by atoms with Gasteiger partial charge in [-0.25, -0.2) is 0 Å². The highest BCUT2D eigenvalue weighted by atomic mass is 35.5. The van der Waals surface area contributed by atoms with E-state index in [2.05, 4.69) is 17.1 Å². The summed E-state index contributed by atoms with van der Waals surface area (Å²) in [7, 11) is 7.22. The number of likely N-dealkylation sites (N-methyl/N-ethyl adjacent to an activating group) is 1. The van der Waals surface area contributed by atoms with E-state index in [1.165, 1.54) is 0 Å². The lowest BCUT2D eigenvalue weighted by Crippen LogP contribution is -2.55. The van der Waals surface area contributed by atoms with Crippen molar-refractivity contribution in [3.8, 4) is 17.2 Å². The van der Waals surface area contributed by atoms with Gasteiger partial charge in [0.15, 0.2) is 11.5 Å². The molecule has 166 valence electrons. The minimum absolute atomic E-state index is 0. The zero-order valence-corrected chi connectivity index (χ0v) is 19.0. The molecule has 0 aliphatic carbocycles. The van der Waals surface area contributed by atoms with E-state index in [9.17, 15) is 4.79 Å². The predicted molar refractivity (Wildman–Crippen MR) is 116 cm³/mol. The average Bonchev–Trinajstić information content (AvgIpc) is 2.72. The monoisotopic (exact) mass is 430 g/mol. The molecule has 29 heavy (non-hydrogen) atoms. The highest BCUT2D eigenvalue weighted by Crippen LogP contribution is 2.38. The predicted octanol–water partition coefficient (Wildman–Crippen LogP) is 3.15. The molecular formula is C21H35ClN2O5. The van der Waals surface area contributed by atoms with Gasteiger partial charge in [0, 0.05) is 30.9 Å². The standard InChI is InChI=1S/C21H34N2O5.ClH/c1-6-7-10-28-19-17(25-4)13-16(14-18(19)26-5)20(24)22-15-21(23(2)3)8-11-27-12-9-21;/h13-14H,6-12,15H2,1-5H3,(H,22,24);1H. The number of rotatable bonds is 10. The number of ether oxygens (including phenoxy) is 4. The van der Waals surface area contributed by atoms with E-state index in [1.54, 1.807) is 26.4 Å². The van der Waals surface area contributed by atoms with E-state index in [1.807, 2.05) is 14.1 Å². The number of carbonyl (C=O) groups excluding carboxylic acids is 1. The Bertz CT molecular complexity index is 623. The van der Waals surface area contributed by atoms with Crippen LogP contribution in [0.2, 0.25) is 0 Å². The van der Waals surface area contributed by atoms with Gasteiger partial charge >= 0.3 is 0 Å². The maximum atomic E-state index is 12.8. The first-order chi connectivity index (χ1) is 13.5. The Kier molecular flexibility index (Phi) is 10.6. The van der Waals surface area contributed by atoms with E-state index < -0.39 is 0 Å². The van der Waals surface area contributed by atoms with E-state index in [0.717, 1.165) is 25.7 Å². The second-order valence-electron chi connectivity index (χ2n) is 7.33. The molecule has 1 saturated heterocycles. The van der Waals surface area contributed by atoms with Crippen molar-refractivity contribution in [2.45, 2.75) is 38.1 Å². The topological polar surface area (TPSA) is 69.3 Å². The molecule has 1 aromatic rings. The molecule has 1 aromatic carbocycles. The van der Waals surface area contributed by atoms with Gasteiger partial charge in [-0.3, -0.25) is 4.79 Å². The number of amides is 1. The van der Waals surface area contributed by atoms with E-state index in [0.29, 0.717) is 49.2 Å². The molecule has 0 aromatic heterocycles. The molecule has 8 heteroatoms. The lowest BCUT2D eigenvalue weighted by atomic mass is 9.88. The van der Waals surface area contributed by atoms with Crippen molar-refractivity contribution in [2.75, 3.05) is 54.7 Å². The van der Waals surface area contributed by atoms with E-state index in [4.69, 9.17) is 18.9 Å². The third kappa shape index (κ3) is 6.39. The SMILES string of the molecule is CCCCOc1c(OC)cc(C(=O)NCC2(N(C)C)CCOCC2)cc1OC.Cl. The zero-order valence-electron chi connectivity index (χ0n) is 18.2. The second kappa shape index (κ2) is 12.1. The number of unbranched alkanes of at least 4 members (excludes halogenated alkanes) is 1. The van der Waals surface area contributed by atoms with Crippen LogP contribution in [0.3, 0.4) is 0 Å². The molecule has 0 radical (unpaired) electrons. The molecule has 0 saturated carbocycles. The van der Waals surface area contributed by atoms with Crippen molar-refractivity contribution < 1.29 is 23.7 Å². The lowest BCUT2D eigenvalue weighted by Gasteiger charge is -2.42. The minimum Gasteiger partial charge on any atom is -0.493 e. The number of hydrogen-bond donors (Lipinski definition) is 1. The number of halogens is 1. The molecular weight excluding hydrogens is 396 g/mol. The molecule has 1 aliphatic heterocycles. The third-order valence-corrected chi connectivity index (χ3v) is 5.42. The van der Waals surface area contributed by atoms with Gasteiger partial charge in [0.05, 0.1) is 20.8 Å². The number of nitrogens with zero attached hydrogens (tertiary/aromatic N) is 1. The van der Waals surface area contributed by atoms with Crippen LogP contribution in [0.15, 0.2) is 12.1 Å². The van der Waals surface area contributed by atoms with Gasteiger partial charge in [-0.05, 0) is 45.5 Å². The van der Waals surface area contributed by atoms with Crippen LogP contribution in [-0.4, -0.2) is 71.0 Å². The van der Waals surface area contributed by atoms with Crippen LogP contribution in [0.1, 0.15) is 43.0 Å². The molecule has 1 heterocycles. The maximum Gasteiger partial charge on any atom is 0.251 e. The average molecular weight is 431 g/mol. The molecule has 0 bridgehead atoms. The van der Waals surface area contributed by atoms with E-state index in [-0.39, 0.29) is 23.9 Å². The van der Waals surface area contributed by atoms with Crippen LogP contribution in [0, 0.1) is 0 Å². The van der Waals surface area contributed by atoms with Gasteiger partial charge in [-0.1, -0.05) is 13.3 Å². The zero-order chi connectivity index (χ0) is 20.6. The van der Waals surface area contributed by atoms with Crippen LogP contribution in [0.5, 0.6) is 17.2 Å². The van der Waals surface area contributed by atoms with Crippen molar-refractivity contribution >= 4 is 18.3 Å². The molecule has 0 atom stereocenters. The normalized spacial score (nSPS) is 15.4. The summed E-state index contributed by atoms with van der Waals surface area (Å²) >= 11 is 0. The summed E-state index contributed by atoms with van der Waals surface area (Å²) in [6, 6.07) is 3.40. The number of benzene rings is 1. The highest BCUT2D eigenvalue weighted by Gasteiger charge is 2.35. The molecule has 1 amide bonds. The first kappa shape index (κ1) is 25.3. The van der Waals surface area contributed by atoms with Gasteiger partial charge in [0.1, 0.15) is 0 Å². The largest absolute Gasteiger partial charge is 0.493 e. The fourth-order valence-corrected chi connectivity index (χ4v) is 3.35. The van der Waals surface area contributed by atoms with Gasteiger partial charge in [0.25, 0.3) is 5.91 Å². The van der Waals surface area contributed by atoms with Crippen LogP contribution >= 0.6 is 12.4 Å². The Morgan fingerprint density at radius 1 is 1.17 bits per heavy atom. The number of methoxy groups -OCH3 is 2. The Balaban J connectivity index is 0.00000420. The Hall–Kier alpha value is -1.70. The van der Waals surface area contributed by atoms with Crippen molar-refractivity contribution in [3.63, 3.8) is 0 Å². The molecule has 7 nitrogen and oxygen atoms in total. The Morgan fingerprint density at radius 3 is 2.24 bits per heavy atom. The summed E-state index contributed by atoms with van der Waals surface area (Å²) in [5.74, 6) is 1.36. The summed E-state index contributed by atoms with van der Waals surface area (Å²) in [6.45, 7) is 4.65. The second-order valence-corrected chi connectivity index (χ2v) is 7.33. The summed E-state index contributed by atoms with van der Waals surface area (Å²) in [5.41, 5.74) is 0.392. The van der Waals surface area contributed by atoms with Crippen LogP contribution in [0.4, 0.5) is 0 Å². The molecule has 0 spiro atoms. The smallest absolute Gasteiger partial charge is 0.251 e. The molecule has 0 unspecified atom stereocenters. The van der Waals surface area contributed by atoms with Gasteiger partial charge < -0.3 is 29.2 Å². The van der Waals surface area contributed by atoms with Gasteiger partial charge in [-0.2, -0.15) is 0 Å². The van der Waals surface area contributed by atoms with Crippen LogP contribution in [0.25, 0.3) is 0 Å². The number of hydrogen-bond acceptors (Lipinski definition) is 6. The molecule has 1 aliphatic rings. The Labute approximate surface area is 180 Å². The lowest BCUT2D eigenvalue weighted by molar-refractivity contribution is -0.00658. The molecule has 2 rings (SSSR count). The molecule has 1 fully saturated rings. The van der Waals surface area contributed by atoms with Crippen LogP contribution in [-0.2, 0) is 4.74 Å². The minimum atomic E-state index is -0.163. The first-order valence-electron chi connectivity index (χ1n) is 9.89. The fourth-order valence-electron chi connectivity index (χ4n) is 3.35. The van der Waals surface area contributed by atoms with Crippen molar-refractivity contribution in [1.82, 2.24) is 10.2 Å². The Morgan fingerprint density at radius 2 is 1.76 bits per heavy atom. The molecule has 1 N–H and O–H groups in total. The summed E-state index contributed by atoms with van der Waals surface area (Å²) < 4.78 is 22.2.